The van der Waals surface area contributed by atoms with Crippen molar-refractivity contribution in [3.63, 3.8) is 0 Å². The van der Waals surface area contributed by atoms with Gasteiger partial charge in [0.15, 0.2) is 0 Å². The fourth-order valence-corrected chi connectivity index (χ4v) is 6.17. The average Bonchev–Trinajstić information content (AvgIpc) is 3.14. The van der Waals surface area contributed by atoms with Crippen LogP contribution in [0.1, 0.15) is 56.6 Å². The number of rotatable bonds is 7. The van der Waals surface area contributed by atoms with E-state index in [1.54, 1.807) is 6.07 Å². The van der Waals surface area contributed by atoms with E-state index in [0.717, 1.165) is 50.5 Å². The zero-order valence-corrected chi connectivity index (χ0v) is 22.1. The van der Waals surface area contributed by atoms with Gasteiger partial charge in [0.05, 0.1) is 11.6 Å². The first-order valence-corrected chi connectivity index (χ1v) is 13.8. The third kappa shape index (κ3) is 5.47. The molecule has 0 radical (unpaired) electrons. The SMILES string of the molecule is O=C(O)c1ccc2c(c1)C(CCN1CCN(C(c3ccccc3)c3ccccc3)CC1)c1ccccc1CO2. The van der Waals surface area contributed by atoms with Gasteiger partial charge in [-0.2, -0.15) is 0 Å². The van der Waals surface area contributed by atoms with Gasteiger partial charge in [0.2, 0.25) is 0 Å². The summed E-state index contributed by atoms with van der Waals surface area (Å²) >= 11 is 0. The fraction of sp³-hybridized carbons (Fsp3) is 0.265. The molecule has 5 nitrogen and oxygen atoms in total. The van der Waals surface area contributed by atoms with Crippen LogP contribution in [-0.4, -0.2) is 53.6 Å². The van der Waals surface area contributed by atoms with E-state index in [1.807, 2.05) is 18.2 Å². The van der Waals surface area contributed by atoms with Gasteiger partial charge in [0, 0.05) is 37.7 Å². The van der Waals surface area contributed by atoms with Gasteiger partial charge >= 0.3 is 5.97 Å². The van der Waals surface area contributed by atoms with Gasteiger partial charge in [-0.05, 0) is 53.4 Å². The molecule has 0 aromatic heterocycles. The Hall–Kier alpha value is -3.93. The van der Waals surface area contributed by atoms with Crippen LogP contribution < -0.4 is 4.74 Å². The topological polar surface area (TPSA) is 53.0 Å². The smallest absolute Gasteiger partial charge is 0.335 e. The molecule has 1 fully saturated rings. The first-order chi connectivity index (χ1) is 19.2. The Bertz CT molecular complexity index is 1380. The molecule has 2 aliphatic rings. The minimum Gasteiger partial charge on any atom is -0.489 e. The summed E-state index contributed by atoms with van der Waals surface area (Å²) in [5, 5.41) is 9.65. The third-order valence-electron chi connectivity index (χ3n) is 8.18. The summed E-state index contributed by atoms with van der Waals surface area (Å²) in [5.74, 6) is -0.0198. The van der Waals surface area contributed by atoms with Gasteiger partial charge < -0.3 is 14.7 Å². The van der Waals surface area contributed by atoms with Crippen LogP contribution in [0.25, 0.3) is 0 Å². The summed E-state index contributed by atoms with van der Waals surface area (Å²) in [5.41, 5.74) is 6.37. The van der Waals surface area contributed by atoms with Crippen LogP contribution >= 0.6 is 0 Å². The van der Waals surface area contributed by atoms with Gasteiger partial charge in [0.25, 0.3) is 0 Å². The first kappa shape index (κ1) is 25.4. The molecule has 198 valence electrons. The maximum Gasteiger partial charge on any atom is 0.335 e. The van der Waals surface area contributed by atoms with Crippen molar-refractivity contribution < 1.29 is 14.6 Å². The molecule has 0 amide bonds. The van der Waals surface area contributed by atoms with Crippen molar-refractivity contribution in [3.8, 4) is 5.75 Å². The van der Waals surface area contributed by atoms with Gasteiger partial charge in [-0.3, -0.25) is 4.90 Å². The highest BCUT2D eigenvalue weighted by atomic mass is 16.5. The van der Waals surface area contributed by atoms with Crippen LogP contribution in [0.5, 0.6) is 5.75 Å². The van der Waals surface area contributed by atoms with E-state index in [1.165, 1.54) is 22.3 Å². The number of carboxylic acids is 1. The fourth-order valence-electron chi connectivity index (χ4n) is 6.17. The molecule has 4 aromatic carbocycles. The lowest BCUT2D eigenvalue weighted by molar-refractivity contribution is 0.0696. The van der Waals surface area contributed by atoms with Gasteiger partial charge in [-0.25, -0.2) is 4.79 Å². The van der Waals surface area contributed by atoms with E-state index in [4.69, 9.17) is 4.74 Å². The number of carboxylic acid groups (broad SMARTS) is 1. The molecule has 1 atom stereocenters. The molecule has 2 aliphatic heterocycles. The van der Waals surface area contributed by atoms with E-state index in [9.17, 15) is 9.90 Å². The van der Waals surface area contributed by atoms with Crippen LogP contribution in [0.15, 0.2) is 103 Å². The molecule has 2 heterocycles. The van der Waals surface area contributed by atoms with Crippen molar-refractivity contribution in [1.82, 2.24) is 9.80 Å². The summed E-state index contributed by atoms with van der Waals surface area (Å²) in [7, 11) is 0. The van der Waals surface area contributed by atoms with E-state index in [0.29, 0.717) is 12.2 Å². The Balaban J connectivity index is 1.19. The number of carbonyl (C=O) groups is 1. The zero-order chi connectivity index (χ0) is 26.6. The molecular weight excluding hydrogens is 484 g/mol. The number of nitrogens with zero attached hydrogens (tertiary/aromatic N) is 2. The van der Waals surface area contributed by atoms with Gasteiger partial charge in [-0.15, -0.1) is 0 Å². The monoisotopic (exact) mass is 518 g/mol. The molecule has 0 aliphatic carbocycles. The molecule has 6 rings (SSSR count). The van der Waals surface area contributed by atoms with Crippen LogP contribution in [0.4, 0.5) is 0 Å². The van der Waals surface area contributed by atoms with Crippen LogP contribution in [0, 0.1) is 0 Å². The quantitative estimate of drug-likeness (QED) is 0.315. The Kier molecular flexibility index (Phi) is 7.44. The normalized spacial score (nSPS) is 17.6. The van der Waals surface area contributed by atoms with Gasteiger partial charge in [0.1, 0.15) is 12.4 Å². The summed E-state index contributed by atoms with van der Waals surface area (Å²) in [6, 6.07) is 35.6. The highest BCUT2D eigenvalue weighted by Gasteiger charge is 2.29. The number of hydrogen-bond acceptors (Lipinski definition) is 4. The number of piperazine rings is 1. The molecule has 1 saturated heterocycles. The van der Waals surface area contributed by atoms with Crippen molar-refractivity contribution >= 4 is 5.97 Å². The minimum absolute atomic E-state index is 0.0948. The molecule has 0 bridgehead atoms. The van der Waals surface area contributed by atoms with Crippen molar-refractivity contribution in [2.24, 2.45) is 0 Å². The number of aromatic carboxylic acids is 1. The maximum atomic E-state index is 11.8. The lowest BCUT2D eigenvalue weighted by atomic mass is 9.85. The summed E-state index contributed by atoms with van der Waals surface area (Å²) in [6.07, 6.45) is 0.914. The van der Waals surface area contributed by atoms with Crippen LogP contribution in [0.3, 0.4) is 0 Å². The predicted molar refractivity (Wildman–Crippen MR) is 153 cm³/mol. The Morgan fingerprint density at radius 2 is 1.44 bits per heavy atom. The summed E-state index contributed by atoms with van der Waals surface area (Å²) in [4.78, 5) is 16.9. The summed E-state index contributed by atoms with van der Waals surface area (Å²) in [6.45, 7) is 5.46. The van der Waals surface area contributed by atoms with Crippen molar-refractivity contribution in [2.75, 3.05) is 32.7 Å². The average molecular weight is 519 g/mol. The molecule has 5 heteroatoms. The molecular formula is C34H34N2O3. The number of ether oxygens (including phenoxy) is 1. The second-order valence-electron chi connectivity index (χ2n) is 10.5. The molecule has 0 spiro atoms. The maximum absolute atomic E-state index is 11.8. The van der Waals surface area contributed by atoms with E-state index in [-0.39, 0.29) is 12.0 Å². The Labute approximate surface area is 230 Å². The molecule has 1 unspecified atom stereocenters. The van der Waals surface area contributed by atoms with Crippen LogP contribution in [0.2, 0.25) is 0 Å². The second-order valence-corrected chi connectivity index (χ2v) is 10.5. The number of hydrogen-bond donors (Lipinski definition) is 1. The number of benzene rings is 4. The second kappa shape index (κ2) is 11.4. The van der Waals surface area contributed by atoms with E-state index in [2.05, 4.69) is 88.7 Å². The lowest BCUT2D eigenvalue weighted by Crippen LogP contribution is -2.48. The highest BCUT2D eigenvalue weighted by Crippen LogP contribution is 2.40. The van der Waals surface area contributed by atoms with Crippen molar-refractivity contribution in [1.29, 1.82) is 0 Å². The third-order valence-corrected chi connectivity index (χ3v) is 8.18. The predicted octanol–water partition coefficient (Wildman–Crippen LogP) is 6.21. The standard InChI is InChI=1S/C34H34N2O3/c37-34(38)27-15-16-32-31(23-27)30(29-14-8-7-13-28(29)24-39-32)17-18-35-19-21-36(22-20-35)33(25-9-3-1-4-10-25)26-11-5-2-6-12-26/h1-16,23,30,33H,17-22,24H2,(H,37,38). The molecule has 1 N–H and O–H groups in total. The van der Waals surface area contributed by atoms with Crippen molar-refractivity contribution in [3.05, 3.63) is 137 Å². The largest absolute Gasteiger partial charge is 0.489 e. The molecule has 0 saturated carbocycles. The van der Waals surface area contributed by atoms with E-state index >= 15 is 0 Å². The molecule has 4 aromatic rings. The van der Waals surface area contributed by atoms with Crippen molar-refractivity contribution in [2.45, 2.75) is 25.0 Å². The lowest BCUT2D eigenvalue weighted by Gasteiger charge is -2.40. The number of fused-ring (bicyclic) bond motifs is 2. The Morgan fingerprint density at radius 1 is 0.795 bits per heavy atom. The zero-order valence-electron chi connectivity index (χ0n) is 22.1. The summed E-state index contributed by atoms with van der Waals surface area (Å²) < 4.78 is 6.14. The molecule has 39 heavy (non-hydrogen) atoms. The minimum atomic E-state index is -0.906. The van der Waals surface area contributed by atoms with E-state index < -0.39 is 5.97 Å². The first-order valence-electron chi connectivity index (χ1n) is 13.8. The van der Waals surface area contributed by atoms with Gasteiger partial charge in [-0.1, -0.05) is 84.9 Å². The van der Waals surface area contributed by atoms with Crippen LogP contribution in [-0.2, 0) is 6.61 Å². The Morgan fingerprint density at radius 3 is 2.10 bits per heavy atom. The highest BCUT2D eigenvalue weighted by molar-refractivity contribution is 5.88.